The summed E-state index contributed by atoms with van der Waals surface area (Å²) < 4.78 is 10.5. The lowest BCUT2D eigenvalue weighted by molar-refractivity contribution is 0.0953. The van der Waals surface area contributed by atoms with Crippen molar-refractivity contribution in [2.45, 2.75) is 13.8 Å². The average Bonchev–Trinajstić information content (AvgIpc) is 2.49. The van der Waals surface area contributed by atoms with Crippen molar-refractivity contribution in [3.05, 3.63) is 29.8 Å². The number of carbonyl (C=O) groups is 1. The second-order valence-electron chi connectivity index (χ2n) is 5.23. The molecule has 0 heterocycles. The van der Waals surface area contributed by atoms with Crippen LogP contribution in [0.5, 0.6) is 5.75 Å². The Morgan fingerprint density at radius 3 is 2.41 bits per heavy atom. The van der Waals surface area contributed by atoms with E-state index >= 15 is 0 Å². The first kappa shape index (κ1) is 20.7. The molecule has 2 N–H and O–H groups in total. The Bertz CT molecular complexity index is 410. The Balaban J connectivity index is 0.00000441. The Hall–Kier alpha value is -1.30. The van der Waals surface area contributed by atoms with Gasteiger partial charge in [0.05, 0.1) is 13.2 Å². The topological polar surface area (TPSA) is 59.6 Å². The molecule has 1 aromatic rings. The van der Waals surface area contributed by atoms with Crippen molar-refractivity contribution in [3.8, 4) is 5.75 Å². The Morgan fingerprint density at radius 1 is 1.14 bits per heavy atom. The first-order valence-electron chi connectivity index (χ1n) is 7.34. The van der Waals surface area contributed by atoms with Crippen LogP contribution in [0.25, 0.3) is 0 Å². The van der Waals surface area contributed by atoms with Crippen LogP contribution in [0.1, 0.15) is 24.2 Å². The quantitative estimate of drug-likeness (QED) is 0.645. The number of benzene rings is 1. The zero-order valence-electron chi connectivity index (χ0n) is 13.6. The van der Waals surface area contributed by atoms with E-state index < -0.39 is 0 Å². The molecule has 0 atom stereocenters. The Kier molecular flexibility index (Phi) is 11.5. The molecule has 1 amide bonds. The number of hydrogen-bond acceptors (Lipinski definition) is 4. The van der Waals surface area contributed by atoms with E-state index in [9.17, 15) is 4.79 Å². The van der Waals surface area contributed by atoms with Gasteiger partial charge in [0, 0.05) is 32.3 Å². The van der Waals surface area contributed by atoms with Crippen LogP contribution in [-0.2, 0) is 4.74 Å². The van der Waals surface area contributed by atoms with Gasteiger partial charge in [0.15, 0.2) is 0 Å². The molecule has 22 heavy (non-hydrogen) atoms. The van der Waals surface area contributed by atoms with Gasteiger partial charge in [0.1, 0.15) is 5.75 Å². The van der Waals surface area contributed by atoms with Crippen LogP contribution in [0.2, 0.25) is 0 Å². The summed E-state index contributed by atoms with van der Waals surface area (Å²) in [5.74, 6) is 1.21. The van der Waals surface area contributed by atoms with Gasteiger partial charge in [0.2, 0.25) is 0 Å². The lowest BCUT2D eigenvalue weighted by Crippen LogP contribution is -2.33. The van der Waals surface area contributed by atoms with Crippen molar-refractivity contribution in [3.63, 3.8) is 0 Å². The maximum atomic E-state index is 11.9. The van der Waals surface area contributed by atoms with Gasteiger partial charge in [-0.15, -0.1) is 12.4 Å². The van der Waals surface area contributed by atoms with Crippen molar-refractivity contribution in [2.24, 2.45) is 5.92 Å². The maximum Gasteiger partial charge on any atom is 0.251 e. The predicted octanol–water partition coefficient (Wildman–Crippen LogP) is 2.11. The minimum Gasteiger partial charge on any atom is -0.493 e. The van der Waals surface area contributed by atoms with E-state index in [4.69, 9.17) is 9.47 Å². The zero-order valence-corrected chi connectivity index (χ0v) is 14.4. The van der Waals surface area contributed by atoms with Crippen molar-refractivity contribution in [2.75, 3.05) is 40.0 Å². The van der Waals surface area contributed by atoms with Crippen LogP contribution in [0.15, 0.2) is 24.3 Å². The summed E-state index contributed by atoms with van der Waals surface area (Å²) in [6.45, 7) is 7.66. The highest BCUT2D eigenvalue weighted by atomic mass is 35.5. The first-order chi connectivity index (χ1) is 10.1. The summed E-state index contributed by atoms with van der Waals surface area (Å²) in [5, 5.41) is 6.03. The Morgan fingerprint density at radius 2 is 1.82 bits per heavy atom. The average molecular weight is 331 g/mol. The Labute approximate surface area is 139 Å². The molecule has 0 fully saturated rings. The molecule has 0 saturated carbocycles. The van der Waals surface area contributed by atoms with Crippen LogP contribution in [0, 0.1) is 5.92 Å². The molecular weight excluding hydrogens is 304 g/mol. The monoisotopic (exact) mass is 330 g/mol. The molecule has 0 aromatic heterocycles. The van der Waals surface area contributed by atoms with Gasteiger partial charge in [-0.05, 0) is 30.2 Å². The van der Waals surface area contributed by atoms with Crippen molar-refractivity contribution in [1.29, 1.82) is 0 Å². The number of nitrogens with one attached hydrogen (secondary N) is 2. The van der Waals surface area contributed by atoms with Crippen molar-refractivity contribution in [1.82, 2.24) is 10.6 Å². The van der Waals surface area contributed by atoms with Crippen LogP contribution >= 0.6 is 12.4 Å². The molecule has 0 unspecified atom stereocenters. The van der Waals surface area contributed by atoms with Gasteiger partial charge in [-0.3, -0.25) is 4.79 Å². The highest BCUT2D eigenvalue weighted by molar-refractivity contribution is 5.94. The van der Waals surface area contributed by atoms with Crippen LogP contribution < -0.4 is 15.4 Å². The molecule has 126 valence electrons. The minimum atomic E-state index is -0.0704. The molecule has 6 heteroatoms. The fourth-order valence-corrected chi connectivity index (χ4v) is 1.63. The maximum absolute atomic E-state index is 11.9. The highest BCUT2D eigenvalue weighted by Gasteiger charge is 2.05. The summed E-state index contributed by atoms with van der Waals surface area (Å²) in [6.07, 6.45) is 0. The van der Waals surface area contributed by atoms with E-state index in [1.807, 2.05) is 12.1 Å². The van der Waals surface area contributed by atoms with Gasteiger partial charge in [-0.25, -0.2) is 0 Å². The summed E-state index contributed by atoms with van der Waals surface area (Å²) >= 11 is 0. The van der Waals surface area contributed by atoms with Gasteiger partial charge < -0.3 is 20.1 Å². The smallest absolute Gasteiger partial charge is 0.251 e. The zero-order chi connectivity index (χ0) is 15.5. The molecule has 0 bridgehead atoms. The number of hydrogen-bond donors (Lipinski definition) is 2. The van der Waals surface area contributed by atoms with Crippen LogP contribution in [0.3, 0.4) is 0 Å². The van der Waals surface area contributed by atoms with Gasteiger partial charge in [0.25, 0.3) is 5.91 Å². The molecule has 0 aliphatic rings. The van der Waals surface area contributed by atoms with Crippen molar-refractivity contribution >= 4 is 18.3 Å². The molecule has 0 radical (unpaired) electrons. The number of carbonyl (C=O) groups excluding carboxylic acids is 1. The molecule has 1 rings (SSSR count). The minimum absolute atomic E-state index is 0. The third-order valence-corrected chi connectivity index (χ3v) is 2.77. The van der Waals surface area contributed by atoms with E-state index in [-0.39, 0.29) is 18.3 Å². The number of ether oxygens (including phenoxy) is 2. The third-order valence-electron chi connectivity index (χ3n) is 2.77. The molecule has 1 aromatic carbocycles. The molecule has 0 aliphatic heterocycles. The van der Waals surface area contributed by atoms with Gasteiger partial charge in [-0.1, -0.05) is 13.8 Å². The third kappa shape index (κ3) is 8.87. The lowest BCUT2D eigenvalue weighted by atomic mass is 10.2. The predicted molar refractivity (Wildman–Crippen MR) is 91.1 cm³/mol. The van der Waals surface area contributed by atoms with Crippen LogP contribution in [-0.4, -0.2) is 45.9 Å². The number of halogens is 1. The number of amides is 1. The van der Waals surface area contributed by atoms with Crippen LogP contribution in [0.4, 0.5) is 0 Å². The highest BCUT2D eigenvalue weighted by Crippen LogP contribution is 2.13. The molecule has 5 nitrogen and oxygen atoms in total. The summed E-state index contributed by atoms with van der Waals surface area (Å²) in [6, 6.07) is 7.22. The van der Waals surface area contributed by atoms with Gasteiger partial charge in [-0.2, -0.15) is 0 Å². The standard InChI is InChI=1S/C16H26N2O3.ClH/c1-13(2)12-21-15-6-4-14(5-7-15)16(19)18-9-8-17-10-11-20-3;/h4-7,13,17H,8-12H2,1-3H3,(H,18,19);1H. The van der Waals surface area contributed by atoms with Crippen molar-refractivity contribution < 1.29 is 14.3 Å². The SMILES string of the molecule is COCCNCCNC(=O)c1ccc(OCC(C)C)cc1.Cl. The summed E-state index contributed by atoms with van der Waals surface area (Å²) in [5.41, 5.74) is 0.642. The largest absolute Gasteiger partial charge is 0.493 e. The molecule has 0 aliphatic carbocycles. The summed E-state index contributed by atoms with van der Waals surface area (Å²) in [7, 11) is 1.66. The molecular formula is C16H27ClN2O3. The fraction of sp³-hybridized carbons (Fsp3) is 0.562. The normalized spacial score (nSPS) is 10.2. The second kappa shape index (κ2) is 12.3. The molecule has 0 spiro atoms. The van der Waals surface area contributed by atoms with E-state index in [1.54, 1.807) is 19.2 Å². The van der Waals surface area contributed by atoms with E-state index in [1.165, 1.54) is 0 Å². The number of methoxy groups -OCH3 is 1. The fourth-order valence-electron chi connectivity index (χ4n) is 1.63. The van der Waals surface area contributed by atoms with Gasteiger partial charge >= 0.3 is 0 Å². The second-order valence-corrected chi connectivity index (χ2v) is 5.23. The summed E-state index contributed by atoms with van der Waals surface area (Å²) in [4.78, 5) is 11.9. The first-order valence-corrected chi connectivity index (χ1v) is 7.34. The van der Waals surface area contributed by atoms with E-state index in [0.717, 1.165) is 18.8 Å². The van der Waals surface area contributed by atoms with E-state index in [2.05, 4.69) is 24.5 Å². The number of rotatable bonds is 10. The molecule has 0 saturated heterocycles. The lowest BCUT2D eigenvalue weighted by Gasteiger charge is -2.09. The van der Waals surface area contributed by atoms with E-state index in [0.29, 0.717) is 31.2 Å².